The summed E-state index contributed by atoms with van der Waals surface area (Å²) < 4.78 is 14.7. The molecule has 2 saturated heterocycles. The standard InChI is InChI=1S/C36H50FN9O2/c1-3-25-20-45(34-30(23-8-9-23)41-31(35(47)40-24-10-11-24)33(43-34)39-19-21-4-5-21)16-17-46(25)26-12-14-44(15-13-26)36(48)27-18-28(37)32(38-2)42-29(27)22-6-7-22/h18,21-26H,3-17,19-20H2,1-2H3,(H,38,42)(H,39,43)(H,40,47)/t25-/m0/s1. The Labute approximate surface area is 282 Å². The summed E-state index contributed by atoms with van der Waals surface area (Å²) in [6, 6.07) is 2.41. The van der Waals surface area contributed by atoms with Crippen LogP contribution < -0.4 is 20.9 Å². The summed E-state index contributed by atoms with van der Waals surface area (Å²) in [5.74, 6) is 2.42. The zero-order valence-corrected chi connectivity index (χ0v) is 28.4. The summed E-state index contributed by atoms with van der Waals surface area (Å²) in [6.07, 6.45) is 11.6. The molecule has 0 aromatic carbocycles. The lowest BCUT2D eigenvalue weighted by atomic mass is 9.97. The van der Waals surface area contributed by atoms with Gasteiger partial charge >= 0.3 is 0 Å². The highest BCUT2D eigenvalue weighted by atomic mass is 19.1. The van der Waals surface area contributed by atoms with Gasteiger partial charge in [0.05, 0.1) is 17.0 Å². The Balaban J connectivity index is 0.954. The fourth-order valence-corrected chi connectivity index (χ4v) is 7.62. The number of carbonyl (C=O) groups excluding carboxylic acids is 2. The van der Waals surface area contributed by atoms with E-state index in [9.17, 15) is 14.0 Å². The van der Waals surface area contributed by atoms with Crippen molar-refractivity contribution >= 4 is 29.3 Å². The van der Waals surface area contributed by atoms with E-state index in [0.29, 0.717) is 54.1 Å². The lowest BCUT2D eigenvalue weighted by Gasteiger charge is -2.48. The van der Waals surface area contributed by atoms with Crippen LogP contribution in [0, 0.1) is 11.7 Å². The third-order valence-corrected chi connectivity index (χ3v) is 11.2. The smallest absolute Gasteiger partial charge is 0.273 e. The molecule has 0 unspecified atom stereocenters. The van der Waals surface area contributed by atoms with Crippen LogP contribution in [0.3, 0.4) is 0 Å². The van der Waals surface area contributed by atoms with E-state index < -0.39 is 5.82 Å². The van der Waals surface area contributed by atoms with Crippen molar-refractivity contribution in [2.45, 2.75) is 108 Å². The maximum absolute atomic E-state index is 14.7. The van der Waals surface area contributed by atoms with Gasteiger partial charge in [-0.1, -0.05) is 6.92 Å². The van der Waals surface area contributed by atoms with E-state index in [1.165, 1.54) is 18.9 Å². The van der Waals surface area contributed by atoms with Crippen molar-refractivity contribution in [3.05, 3.63) is 34.5 Å². The van der Waals surface area contributed by atoms with Crippen molar-refractivity contribution in [1.82, 2.24) is 30.1 Å². The average Bonchev–Trinajstić information content (AvgIpc) is 3.92. The second-order valence-corrected chi connectivity index (χ2v) is 15.0. The van der Waals surface area contributed by atoms with Crippen molar-refractivity contribution in [3.63, 3.8) is 0 Å². The number of rotatable bonds is 12. The highest BCUT2D eigenvalue weighted by Gasteiger charge is 2.39. The summed E-state index contributed by atoms with van der Waals surface area (Å²) in [5.41, 5.74) is 2.62. The molecule has 4 aliphatic carbocycles. The van der Waals surface area contributed by atoms with Crippen LogP contribution in [0.2, 0.25) is 0 Å². The summed E-state index contributed by atoms with van der Waals surface area (Å²) in [4.78, 5) is 48.7. The molecule has 48 heavy (non-hydrogen) atoms. The van der Waals surface area contributed by atoms with Crippen LogP contribution >= 0.6 is 0 Å². The number of hydrogen-bond acceptors (Lipinski definition) is 9. The third kappa shape index (κ3) is 6.69. The third-order valence-electron chi connectivity index (χ3n) is 11.2. The fourth-order valence-electron chi connectivity index (χ4n) is 7.62. The molecule has 6 fully saturated rings. The molecule has 3 N–H and O–H groups in total. The van der Waals surface area contributed by atoms with Gasteiger partial charge in [-0.05, 0) is 82.6 Å². The molecule has 2 amide bonds. The van der Waals surface area contributed by atoms with Gasteiger partial charge in [0.2, 0.25) is 0 Å². The maximum Gasteiger partial charge on any atom is 0.273 e. The summed E-state index contributed by atoms with van der Waals surface area (Å²) in [6.45, 7) is 7.07. The Kier molecular flexibility index (Phi) is 8.63. The van der Waals surface area contributed by atoms with Crippen LogP contribution in [0.25, 0.3) is 0 Å². The van der Waals surface area contributed by atoms with E-state index in [4.69, 9.17) is 9.97 Å². The van der Waals surface area contributed by atoms with Crippen LogP contribution in [0.1, 0.15) is 122 Å². The van der Waals surface area contributed by atoms with E-state index in [1.807, 2.05) is 4.90 Å². The molecule has 0 spiro atoms. The Morgan fingerprint density at radius 2 is 1.60 bits per heavy atom. The van der Waals surface area contributed by atoms with Crippen LogP contribution in [-0.4, -0.2) is 101 Å². The van der Waals surface area contributed by atoms with E-state index in [1.54, 1.807) is 7.05 Å². The number of likely N-dealkylation sites (tertiary alicyclic amines) is 1. The van der Waals surface area contributed by atoms with Crippen molar-refractivity contribution < 1.29 is 14.0 Å². The van der Waals surface area contributed by atoms with E-state index in [0.717, 1.165) is 101 Å². The largest absolute Gasteiger partial charge is 0.371 e. The number of piperazine rings is 1. The van der Waals surface area contributed by atoms with Gasteiger partial charge in [-0.15, -0.1) is 0 Å². The van der Waals surface area contributed by atoms with Gasteiger partial charge in [0.1, 0.15) is 0 Å². The second kappa shape index (κ2) is 13.1. The molecule has 258 valence electrons. The van der Waals surface area contributed by atoms with Gasteiger partial charge < -0.3 is 25.8 Å². The Morgan fingerprint density at radius 3 is 2.25 bits per heavy atom. The van der Waals surface area contributed by atoms with Crippen LogP contribution in [0.15, 0.2) is 6.07 Å². The summed E-state index contributed by atoms with van der Waals surface area (Å²) in [5, 5.41) is 9.49. The summed E-state index contributed by atoms with van der Waals surface area (Å²) in [7, 11) is 1.66. The first kappa shape index (κ1) is 31.7. The molecular weight excluding hydrogens is 609 g/mol. The van der Waals surface area contributed by atoms with Crippen molar-refractivity contribution in [2.24, 2.45) is 5.92 Å². The molecule has 0 bridgehead atoms. The first-order chi connectivity index (χ1) is 23.4. The molecule has 4 saturated carbocycles. The first-order valence-corrected chi connectivity index (χ1v) is 18.5. The first-order valence-electron chi connectivity index (χ1n) is 18.5. The van der Waals surface area contributed by atoms with Gasteiger partial charge in [0.25, 0.3) is 11.8 Å². The zero-order valence-electron chi connectivity index (χ0n) is 28.4. The van der Waals surface area contributed by atoms with Gasteiger partial charge in [0, 0.05) is 76.3 Å². The SMILES string of the molecule is CC[C@H]1CN(c2nc(NCC3CC3)c(C(=O)NC3CC3)nc2C2CC2)CCN1C1CCN(C(=O)c2cc(F)c(NC)nc2C2CC2)CC1. The second-order valence-electron chi connectivity index (χ2n) is 15.0. The minimum absolute atomic E-state index is 0.0900. The average molecular weight is 660 g/mol. The molecular formula is C36H50FN9O2. The molecule has 2 aromatic heterocycles. The van der Waals surface area contributed by atoms with Crippen LogP contribution in [0.4, 0.5) is 21.8 Å². The van der Waals surface area contributed by atoms with Crippen LogP contribution in [-0.2, 0) is 0 Å². The number of halogens is 1. The number of nitrogens with zero attached hydrogens (tertiary/aromatic N) is 6. The fraction of sp³-hybridized carbons (Fsp3) is 0.694. The van der Waals surface area contributed by atoms with Gasteiger partial charge in [-0.3, -0.25) is 14.5 Å². The predicted molar refractivity (Wildman–Crippen MR) is 183 cm³/mol. The number of piperidine rings is 1. The quantitative estimate of drug-likeness (QED) is 0.297. The normalized spacial score (nSPS) is 23.7. The van der Waals surface area contributed by atoms with Crippen molar-refractivity contribution in [2.75, 3.05) is 61.8 Å². The van der Waals surface area contributed by atoms with Crippen molar-refractivity contribution in [3.8, 4) is 0 Å². The number of carbonyl (C=O) groups is 2. The molecule has 2 aliphatic heterocycles. The van der Waals surface area contributed by atoms with Crippen LogP contribution in [0.5, 0.6) is 0 Å². The van der Waals surface area contributed by atoms with Gasteiger partial charge in [-0.2, -0.15) is 0 Å². The van der Waals surface area contributed by atoms with E-state index in [-0.39, 0.29) is 29.6 Å². The number of anilines is 3. The molecule has 8 rings (SSSR count). The molecule has 6 aliphatic rings. The molecule has 2 aromatic rings. The molecule has 12 heteroatoms. The molecule has 4 heterocycles. The Morgan fingerprint density at radius 1 is 0.875 bits per heavy atom. The predicted octanol–water partition coefficient (Wildman–Crippen LogP) is 4.73. The minimum Gasteiger partial charge on any atom is -0.371 e. The molecule has 1 atom stereocenters. The minimum atomic E-state index is -0.472. The lowest BCUT2D eigenvalue weighted by molar-refractivity contribution is 0.0489. The maximum atomic E-state index is 14.7. The molecule has 0 radical (unpaired) electrons. The topological polar surface area (TPSA) is 119 Å². The Hall–Kier alpha value is -3.54. The van der Waals surface area contributed by atoms with E-state index >= 15 is 0 Å². The number of pyridine rings is 1. The van der Waals surface area contributed by atoms with Gasteiger partial charge in [0.15, 0.2) is 29.0 Å². The monoisotopic (exact) mass is 659 g/mol. The Bertz CT molecular complexity index is 1550. The zero-order chi connectivity index (χ0) is 32.9. The number of amides is 2. The highest BCUT2D eigenvalue weighted by molar-refractivity contribution is 5.97. The summed E-state index contributed by atoms with van der Waals surface area (Å²) >= 11 is 0. The lowest BCUT2D eigenvalue weighted by Crippen LogP contribution is -2.59. The van der Waals surface area contributed by atoms with Gasteiger partial charge in [-0.25, -0.2) is 19.3 Å². The molecule has 11 nitrogen and oxygen atoms in total. The number of nitrogens with one attached hydrogen (secondary N) is 3. The number of aromatic nitrogens is 3. The highest BCUT2D eigenvalue weighted by Crippen LogP contribution is 2.45. The van der Waals surface area contributed by atoms with Crippen molar-refractivity contribution in [1.29, 1.82) is 0 Å². The van der Waals surface area contributed by atoms with E-state index in [2.05, 4.69) is 37.7 Å². The number of hydrogen-bond donors (Lipinski definition) is 3.